The molecule has 0 aliphatic heterocycles. The molecule has 0 saturated heterocycles. The zero-order chi connectivity index (χ0) is 16.1. The van der Waals surface area contributed by atoms with E-state index < -0.39 is 17.0 Å². The van der Waals surface area contributed by atoms with Crippen molar-refractivity contribution in [3.8, 4) is 5.75 Å². The van der Waals surface area contributed by atoms with Gasteiger partial charge in [-0.05, 0) is 25.1 Å². The normalized spacial score (nSPS) is 11.5. The minimum Gasteiger partial charge on any atom is -0.496 e. The molecular weight excluding hydrogens is 286 g/mol. The molecule has 0 radical (unpaired) electrons. The summed E-state index contributed by atoms with van der Waals surface area (Å²) >= 11 is 0. The Morgan fingerprint density at radius 3 is 2.36 bits per heavy atom. The van der Waals surface area contributed by atoms with Gasteiger partial charge in [-0.1, -0.05) is 18.2 Å². The molecule has 0 saturated carbocycles. The van der Waals surface area contributed by atoms with Gasteiger partial charge in [0.15, 0.2) is 0 Å². The molecular formula is C16H15NO5. The van der Waals surface area contributed by atoms with Crippen molar-refractivity contribution < 1.29 is 19.2 Å². The van der Waals surface area contributed by atoms with Crippen molar-refractivity contribution >= 4 is 11.7 Å². The number of carbonyl (C=O) groups is 1. The molecule has 2 aromatic carbocycles. The van der Waals surface area contributed by atoms with E-state index in [1.54, 1.807) is 20.1 Å². The summed E-state index contributed by atoms with van der Waals surface area (Å²) in [5.41, 5.74) is 0.932. The summed E-state index contributed by atoms with van der Waals surface area (Å²) in [6.07, 6.45) is -0.501. The quantitative estimate of drug-likeness (QED) is 0.479. The third kappa shape index (κ3) is 3.41. The van der Waals surface area contributed by atoms with Gasteiger partial charge in [0.25, 0.3) is 5.69 Å². The zero-order valence-corrected chi connectivity index (χ0v) is 12.2. The van der Waals surface area contributed by atoms with Crippen molar-refractivity contribution in [1.82, 2.24) is 0 Å². The first-order chi connectivity index (χ1) is 10.5. The SMILES string of the molecule is COc1ccccc1[C@H](C)OC(=O)c1ccc([N+](=O)[O-])cc1. The molecule has 114 valence electrons. The predicted octanol–water partition coefficient (Wildman–Crippen LogP) is 3.52. The second-order valence-corrected chi connectivity index (χ2v) is 4.59. The third-order valence-electron chi connectivity index (χ3n) is 3.17. The van der Waals surface area contributed by atoms with Crippen LogP contribution in [0.25, 0.3) is 0 Å². The van der Waals surface area contributed by atoms with Crippen LogP contribution in [0.15, 0.2) is 48.5 Å². The number of esters is 1. The molecule has 0 spiro atoms. The van der Waals surface area contributed by atoms with Gasteiger partial charge in [-0.25, -0.2) is 4.79 Å². The molecule has 2 aromatic rings. The van der Waals surface area contributed by atoms with Crippen LogP contribution in [0.3, 0.4) is 0 Å². The maximum Gasteiger partial charge on any atom is 0.338 e. The Morgan fingerprint density at radius 2 is 1.77 bits per heavy atom. The summed E-state index contributed by atoms with van der Waals surface area (Å²) in [5.74, 6) is 0.0832. The minimum atomic E-state index is -0.548. The molecule has 0 N–H and O–H groups in total. The lowest BCUT2D eigenvalue weighted by Crippen LogP contribution is -2.10. The van der Waals surface area contributed by atoms with Gasteiger partial charge in [0.2, 0.25) is 0 Å². The van der Waals surface area contributed by atoms with Gasteiger partial charge in [0.1, 0.15) is 11.9 Å². The average molecular weight is 301 g/mol. The Kier molecular flexibility index (Phi) is 4.73. The number of rotatable bonds is 5. The number of ether oxygens (including phenoxy) is 2. The number of nitro groups is 1. The van der Waals surface area contributed by atoms with E-state index >= 15 is 0 Å². The standard InChI is InChI=1S/C16H15NO5/c1-11(14-5-3-4-6-15(14)21-2)22-16(18)12-7-9-13(10-8-12)17(19)20/h3-11H,1-2H3/t11-/m0/s1. The van der Waals surface area contributed by atoms with E-state index in [9.17, 15) is 14.9 Å². The molecule has 22 heavy (non-hydrogen) atoms. The van der Waals surface area contributed by atoms with Crippen molar-refractivity contribution in [2.24, 2.45) is 0 Å². The van der Waals surface area contributed by atoms with Crippen LogP contribution in [0.1, 0.15) is 28.9 Å². The van der Waals surface area contributed by atoms with Crippen LogP contribution >= 0.6 is 0 Å². The van der Waals surface area contributed by atoms with E-state index in [4.69, 9.17) is 9.47 Å². The highest BCUT2D eigenvalue weighted by Crippen LogP contribution is 2.27. The Morgan fingerprint density at radius 1 is 1.14 bits per heavy atom. The van der Waals surface area contributed by atoms with E-state index in [-0.39, 0.29) is 11.3 Å². The molecule has 2 rings (SSSR count). The van der Waals surface area contributed by atoms with Crippen molar-refractivity contribution in [2.45, 2.75) is 13.0 Å². The monoisotopic (exact) mass is 301 g/mol. The van der Waals surface area contributed by atoms with E-state index in [1.165, 1.54) is 24.3 Å². The number of hydrogen-bond donors (Lipinski definition) is 0. The average Bonchev–Trinajstić information content (AvgIpc) is 2.54. The highest BCUT2D eigenvalue weighted by molar-refractivity contribution is 5.89. The number of methoxy groups -OCH3 is 1. The van der Waals surface area contributed by atoms with Gasteiger partial charge in [-0.15, -0.1) is 0 Å². The summed E-state index contributed by atoms with van der Waals surface area (Å²) in [5, 5.41) is 10.6. The predicted molar refractivity (Wildman–Crippen MR) is 79.9 cm³/mol. The van der Waals surface area contributed by atoms with Gasteiger partial charge in [0.05, 0.1) is 17.6 Å². The van der Waals surface area contributed by atoms with Crippen molar-refractivity contribution in [1.29, 1.82) is 0 Å². The van der Waals surface area contributed by atoms with Crippen LogP contribution in [0, 0.1) is 10.1 Å². The van der Waals surface area contributed by atoms with E-state index in [1.807, 2.05) is 18.2 Å². The first-order valence-electron chi connectivity index (χ1n) is 6.61. The van der Waals surface area contributed by atoms with Crippen LogP contribution in [0.5, 0.6) is 5.75 Å². The number of nitrogens with zero attached hydrogens (tertiary/aromatic N) is 1. The van der Waals surface area contributed by atoms with Gasteiger partial charge < -0.3 is 9.47 Å². The topological polar surface area (TPSA) is 78.7 Å². The second kappa shape index (κ2) is 6.71. The third-order valence-corrected chi connectivity index (χ3v) is 3.17. The molecule has 6 heteroatoms. The number of hydrogen-bond acceptors (Lipinski definition) is 5. The highest BCUT2D eigenvalue weighted by atomic mass is 16.6. The molecule has 0 heterocycles. The second-order valence-electron chi connectivity index (χ2n) is 4.59. The molecule has 0 fully saturated rings. The Hall–Kier alpha value is -2.89. The maximum absolute atomic E-state index is 12.1. The number of nitro benzene ring substituents is 1. The first kappa shape index (κ1) is 15.5. The molecule has 0 unspecified atom stereocenters. The number of non-ortho nitro benzene ring substituents is 1. The number of carbonyl (C=O) groups excluding carboxylic acids is 1. The Labute approximate surface area is 127 Å². The van der Waals surface area contributed by atoms with E-state index in [0.29, 0.717) is 5.75 Å². The molecule has 0 aliphatic rings. The Balaban J connectivity index is 2.12. The van der Waals surface area contributed by atoms with Crippen molar-refractivity contribution in [3.05, 3.63) is 69.8 Å². The van der Waals surface area contributed by atoms with Gasteiger partial charge >= 0.3 is 5.97 Å². The molecule has 1 atom stereocenters. The van der Waals surface area contributed by atoms with Crippen LogP contribution in [-0.4, -0.2) is 18.0 Å². The summed E-state index contributed by atoms with van der Waals surface area (Å²) in [7, 11) is 1.55. The highest BCUT2D eigenvalue weighted by Gasteiger charge is 2.17. The summed E-state index contributed by atoms with van der Waals surface area (Å²) in [6, 6.07) is 12.5. The van der Waals surface area contributed by atoms with Crippen molar-refractivity contribution in [2.75, 3.05) is 7.11 Å². The summed E-state index contributed by atoms with van der Waals surface area (Å²) in [4.78, 5) is 22.1. The number of benzene rings is 2. The Bertz CT molecular complexity index is 681. The van der Waals surface area contributed by atoms with Gasteiger partial charge in [0, 0.05) is 17.7 Å². The fourth-order valence-corrected chi connectivity index (χ4v) is 2.01. The molecule has 0 amide bonds. The minimum absolute atomic E-state index is 0.0747. The van der Waals surface area contributed by atoms with E-state index in [0.717, 1.165) is 5.56 Å². The fraction of sp³-hybridized carbons (Fsp3) is 0.188. The maximum atomic E-state index is 12.1. The molecule has 0 bridgehead atoms. The smallest absolute Gasteiger partial charge is 0.338 e. The largest absolute Gasteiger partial charge is 0.496 e. The zero-order valence-electron chi connectivity index (χ0n) is 12.2. The molecule has 6 nitrogen and oxygen atoms in total. The lowest BCUT2D eigenvalue weighted by atomic mass is 10.1. The first-order valence-corrected chi connectivity index (χ1v) is 6.61. The lowest BCUT2D eigenvalue weighted by Gasteiger charge is -2.16. The van der Waals surface area contributed by atoms with Crippen LogP contribution < -0.4 is 4.74 Å². The van der Waals surface area contributed by atoms with Crippen LogP contribution in [0.2, 0.25) is 0 Å². The van der Waals surface area contributed by atoms with Gasteiger partial charge in [-0.2, -0.15) is 0 Å². The van der Waals surface area contributed by atoms with Crippen LogP contribution in [-0.2, 0) is 4.74 Å². The summed E-state index contributed by atoms with van der Waals surface area (Å²) < 4.78 is 10.6. The summed E-state index contributed by atoms with van der Waals surface area (Å²) in [6.45, 7) is 1.74. The van der Waals surface area contributed by atoms with E-state index in [2.05, 4.69) is 0 Å². The van der Waals surface area contributed by atoms with Crippen molar-refractivity contribution in [3.63, 3.8) is 0 Å². The molecule has 0 aliphatic carbocycles. The number of para-hydroxylation sites is 1. The fourth-order valence-electron chi connectivity index (χ4n) is 2.01. The van der Waals surface area contributed by atoms with Gasteiger partial charge in [-0.3, -0.25) is 10.1 Å². The van der Waals surface area contributed by atoms with Crippen LogP contribution in [0.4, 0.5) is 5.69 Å². The molecule has 0 aromatic heterocycles. The lowest BCUT2D eigenvalue weighted by molar-refractivity contribution is -0.384.